The molecule has 1 aliphatic carbocycles. The second-order valence-electron chi connectivity index (χ2n) is 4.26. The van der Waals surface area contributed by atoms with Gasteiger partial charge < -0.3 is 4.74 Å². The van der Waals surface area contributed by atoms with E-state index in [1.807, 2.05) is 0 Å². The van der Waals surface area contributed by atoms with Crippen LogP contribution < -0.4 is 0 Å². The summed E-state index contributed by atoms with van der Waals surface area (Å²) in [5.41, 5.74) is 0.761. The Bertz CT molecular complexity index is 134. The highest BCUT2D eigenvalue weighted by Crippen LogP contribution is 2.54. The standard InChI is InChI=1S/C10H18O/c1-2-3-4-10(5-6-10)7-9-8-11-9/h9H,2-8H2,1H3. The van der Waals surface area contributed by atoms with Gasteiger partial charge in [0, 0.05) is 0 Å². The number of rotatable bonds is 5. The fraction of sp³-hybridized carbons (Fsp3) is 1.00. The summed E-state index contributed by atoms with van der Waals surface area (Å²) in [7, 11) is 0. The zero-order chi connectivity index (χ0) is 7.73. The Morgan fingerprint density at radius 3 is 2.64 bits per heavy atom. The topological polar surface area (TPSA) is 12.5 Å². The first-order valence-corrected chi connectivity index (χ1v) is 4.96. The van der Waals surface area contributed by atoms with Crippen molar-refractivity contribution in [3.05, 3.63) is 0 Å². The lowest BCUT2D eigenvalue weighted by molar-refractivity contribution is 0.323. The number of hydrogen-bond donors (Lipinski definition) is 0. The van der Waals surface area contributed by atoms with Crippen molar-refractivity contribution >= 4 is 0 Å². The number of ether oxygens (including phenoxy) is 1. The second-order valence-corrected chi connectivity index (χ2v) is 4.26. The number of epoxide rings is 1. The van der Waals surface area contributed by atoms with E-state index >= 15 is 0 Å². The van der Waals surface area contributed by atoms with E-state index in [1.165, 1.54) is 38.5 Å². The third-order valence-corrected chi connectivity index (χ3v) is 3.08. The van der Waals surface area contributed by atoms with Crippen molar-refractivity contribution in [2.24, 2.45) is 5.41 Å². The van der Waals surface area contributed by atoms with Crippen LogP contribution in [0.2, 0.25) is 0 Å². The zero-order valence-electron chi connectivity index (χ0n) is 7.44. The van der Waals surface area contributed by atoms with E-state index in [1.54, 1.807) is 0 Å². The van der Waals surface area contributed by atoms with Gasteiger partial charge in [0.25, 0.3) is 0 Å². The second kappa shape index (κ2) is 2.78. The van der Waals surface area contributed by atoms with Crippen LogP contribution in [0.5, 0.6) is 0 Å². The molecule has 1 aliphatic heterocycles. The van der Waals surface area contributed by atoms with Crippen molar-refractivity contribution in [2.45, 2.75) is 51.6 Å². The van der Waals surface area contributed by atoms with Gasteiger partial charge in [-0.25, -0.2) is 0 Å². The van der Waals surface area contributed by atoms with E-state index < -0.39 is 0 Å². The van der Waals surface area contributed by atoms with E-state index in [4.69, 9.17) is 4.74 Å². The summed E-state index contributed by atoms with van der Waals surface area (Å²) in [4.78, 5) is 0. The van der Waals surface area contributed by atoms with Crippen molar-refractivity contribution in [2.75, 3.05) is 6.61 Å². The van der Waals surface area contributed by atoms with Crippen LogP contribution >= 0.6 is 0 Å². The summed E-state index contributed by atoms with van der Waals surface area (Å²) in [6.07, 6.45) is 9.23. The highest BCUT2D eigenvalue weighted by atomic mass is 16.6. The lowest BCUT2D eigenvalue weighted by Gasteiger charge is -2.11. The molecule has 0 radical (unpaired) electrons. The molecule has 0 N–H and O–H groups in total. The van der Waals surface area contributed by atoms with Gasteiger partial charge in [-0.1, -0.05) is 19.8 Å². The minimum absolute atomic E-state index is 0.661. The van der Waals surface area contributed by atoms with Gasteiger partial charge >= 0.3 is 0 Å². The van der Waals surface area contributed by atoms with Gasteiger partial charge in [0.1, 0.15) is 0 Å². The smallest absolute Gasteiger partial charge is 0.0815 e. The summed E-state index contributed by atoms with van der Waals surface area (Å²) in [6, 6.07) is 0. The van der Waals surface area contributed by atoms with Gasteiger partial charge in [-0.05, 0) is 31.1 Å². The molecule has 11 heavy (non-hydrogen) atoms. The maximum absolute atomic E-state index is 5.26. The minimum atomic E-state index is 0.661. The summed E-state index contributed by atoms with van der Waals surface area (Å²) in [5, 5.41) is 0. The quantitative estimate of drug-likeness (QED) is 0.555. The van der Waals surface area contributed by atoms with Crippen molar-refractivity contribution in [3.8, 4) is 0 Å². The molecule has 0 bridgehead atoms. The fourth-order valence-corrected chi connectivity index (χ4v) is 1.95. The summed E-state index contributed by atoms with van der Waals surface area (Å²) < 4.78 is 5.26. The lowest BCUT2D eigenvalue weighted by atomic mass is 9.94. The van der Waals surface area contributed by atoms with Crippen LogP contribution in [0.1, 0.15) is 45.4 Å². The Morgan fingerprint density at radius 1 is 1.45 bits per heavy atom. The van der Waals surface area contributed by atoms with Crippen LogP contribution in [-0.4, -0.2) is 12.7 Å². The van der Waals surface area contributed by atoms with Crippen LogP contribution in [-0.2, 0) is 4.74 Å². The van der Waals surface area contributed by atoms with Crippen molar-refractivity contribution in [1.29, 1.82) is 0 Å². The van der Waals surface area contributed by atoms with Gasteiger partial charge in [0.2, 0.25) is 0 Å². The molecule has 1 saturated heterocycles. The van der Waals surface area contributed by atoms with Crippen LogP contribution in [0, 0.1) is 5.41 Å². The fourth-order valence-electron chi connectivity index (χ4n) is 1.95. The van der Waals surface area contributed by atoms with Crippen LogP contribution in [0.25, 0.3) is 0 Å². The molecule has 2 fully saturated rings. The molecule has 1 atom stereocenters. The molecule has 1 unspecified atom stereocenters. The van der Waals surface area contributed by atoms with Gasteiger partial charge in [-0.2, -0.15) is 0 Å². The molecule has 2 aliphatic rings. The molecule has 0 aromatic carbocycles. The Kier molecular flexibility index (Phi) is 1.92. The molecule has 1 nitrogen and oxygen atoms in total. The van der Waals surface area contributed by atoms with Crippen LogP contribution in [0.3, 0.4) is 0 Å². The summed E-state index contributed by atoms with van der Waals surface area (Å²) in [6.45, 7) is 3.33. The van der Waals surface area contributed by atoms with Crippen molar-refractivity contribution < 1.29 is 4.74 Å². The van der Waals surface area contributed by atoms with Crippen LogP contribution in [0.15, 0.2) is 0 Å². The Labute approximate surface area is 69.1 Å². The molecular weight excluding hydrogens is 136 g/mol. The summed E-state index contributed by atoms with van der Waals surface area (Å²) >= 11 is 0. The van der Waals surface area contributed by atoms with Gasteiger partial charge in [0.05, 0.1) is 12.7 Å². The van der Waals surface area contributed by atoms with Gasteiger partial charge in [0.15, 0.2) is 0 Å². The van der Waals surface area contributed by atoms with E-state index in [2.05, 4.69) is 6.92 Å². The molecule has 1 heteroatoms. The molecule has 0 amide bonds. The predicted molar refractivity (Wildman–Crippen MR) is 45.5 cm³/mol. The SMILES string of the molecule is CCCCC1(CC2CO2)CC1. The molecule has 2 rings (SSSR count). The third kappa shape index (κ3) is 1.96. The van der Waals surface area contributed by atoms with Crippen LogP contribution in [0.4, 0.5) is 0 Å². The predicted octanol–water partition coefficient (Wildman–Crippen LogP) is 2.75. The highest BCUT2D eigenvalue weighted by Gasteiger charge is 2.45. The third-order valence-electron chi connectivity index (χ3n) is 3.08. The zero-order valence-corrected chi connectivity index (χ0v) is 7.44. The molecule has 1 heterocycles. The van der Waals surface area contributed by atoms with E-state index in [0.717, 1.165) is 12.0 Å². The first-order valence-electron chi connectivity index (χ1n) is 4.96. The Hall–Kier alpha value is -0.0400. The normalized spacial score (nSPS) is 31.9. The lowest BCUT2D eigenvalue weighted by Crippen LogP contribution is -2.04. The Balaban J connectivity index is 1.70. The molecular formula is C10H18O. The van der Waals surface area contributed by atoms with Gasteiger partial charge in [-0.15, -0.1) is 0 Å². The average Bonchev–Trinajstić information content (AvgIpc) is 2.86. The first kappa shape index (κ1) is 7.60. The maximum Gasteiger partial charge on any atom is 0.0815 e. The molecule has 0 aromatic rings. The summed E-state index contributed by atoms with van der Waals surface area (Å²) in [5.74, 6) is 0. The minimum Gasteiger partial charge on any atom is -0.373 e. The molecule has 0 spiro atoms. The van der Waals surface area contributed by atoms with Crippen molar-refractivity contribution in [1.82, 2.24) is 0 Å². The molecule has 0 aromatic heterocycles. The van der Waals surface area contributed by atoms with E-state index in [9.17, 15) is 0 Å². The molecule has 1 saturated carbocycles. The molecule has 64 valence electrons. The highest BCUT2D eigenvalue weighted by molar-refractivity contribution is 4.96. The van der Waals surface area contributed by atoms with Gasteiger partial charge in [-0.3, -0.25) is 0 Å². The van der Waals surface area contributed by atoms with E-state index in [0.29, 0.717) is 6.10 Å². The maximum atomic E-state index is 5.26. The van der Waals surface area contributed by atoms with Crippen molar-refractivity contribution in [3.63, 3.8) is 0 Å². The first-order chi connectivity index (χ1) is 5.35. The number of unbranched alkanes of at least 4 members (excludes halogenated alkanes) is 1. The number of hydrogen-bond acceptors (Lipinski definition) is 1. The Morgan fingerprint density at radius 2 is 2.18 bits per heavy atom. The average molecular weight is 154 g/mol. The van der Waals surface area contributed by atoms with E-state index in [-0.39, 0.29) is 0 Å². The monoisotopic (exact) mass is 154 g/mol. The largest absolute Gasteiger partial charge is 0.373 e.